The normalized spacial score (nSPS) is 12.8. The van der Waals surface area contributed by atoms with E-state index in [4.69, 9.17) is 14.2 Å². The largest absolute Gasteiger partial charge is 0.462 e. The molecule has 68 heavy (non-hydrogen) atoms. The first-order chi connectivity index (χ1) is 33.5. The summed E-state index contributed by atoms with van der Waals surface area (Å²) in [5, 5.41) is 0. The van der Waals surface area contributed by atoms with Gasteiger partial charge in [-0.3, -0.25) is 14.4 Å². The van der Waals surface area contributed by atoms with Crippen LogP contribution in [0.15, 0.2) is 97.2 Å². The lowest BCUT2D eigenvalue weighted by atomic mass is 10.1. The molecule has 0 aromatic heterocycles. The number of ether oxygens (including phenoxy) is 3. The van der Waals surface area contributed by atoms with Crippen molar-refractivity contribution in [1.29, 1.82) is 0 Å². The van der Waals surface area contributed by atoms with E-state index >= 15 is 0 Å². The van der Waals surface area contributed by atoms with Crippen LogP contribution in [0.25, 0.3) is 0 Å². The summed E-state index contributed by atoms with van der Waals surface area (Å²) in [5.41, 5.74) is 0. The second kappa shape index (κ2) is 55.9. The van der Waals surface area contributed by atoms with Gasteiger partial charge < -0.3 is 14.2 Å². The Hall–Kier alpha value is -3.67. The molecule has 1 unspecified atom stereocenters. The first-order valence-corrected chi connectivity index (χ1v) is 28.3. The van der Waals surface area contributed by atoms with Crippen LogP contribution in [0.2, 0.25) is 0 Å². The van der Waals surface area contributed by atoms with Gasteiger partial charge in [0.2, 0.25) is 0 Å². The molecule has 0 spiro atoms. The van der Waals surface area contributed by atoms with Crippen molar-refractivity contribution in [2.45, 2.75) is 264 Å². The van der Waals surface area contributed by atoms with Crippen molar-refractivity contribution in [2.75, 3.05) is 13.2 Å². The van der Waals surface area contributed by atoms with Gasteiger partial charge in [-0.2, -0.15) is 0 Å². The fraction of sp³-hybridized carbons (Fsp3) is 0.694. The van der Waals surface area contributed by atoms with Gasteiger partial charge >= 0.3 is 17.9 Å². The highest BCUT2D eigenvalue weighted by molar-refractivity contribution is 5.71. The van der Waals surface area contributed by atoms with E-state index in [0.29, 0.717) is 19.3 Å². The monoisotopic (exact) mass is 945 g/mol. The molecule has 1 atom stereocenters. The zero-order chi connectivity index (χ0) is 49.3. The zero-order valence-electron chi connectivity index (χ0n) is 44.3. The second-order valence-electron chi connectivity index (χ2n) is 18.6. The highest BCUT2D eigenvalue weighted by Gasteiger charge is 2.19. The minimum atomic E-state index is -0.800. The van der Waals surface area contributed by atoms with Crippen LogP contribution >= 0.6 is 0 Å². The third-order valence-corrected chi connectivity index (χ3v) is 11.9. The van der Waals surface area contributed by atoms with Gasteiger partial charge in [-0.25, -0.2) is 0 Å². The van der Waals surface area contributed by atoms with E-state index < -0.39 is 6.10 Å². The molecule has 0 amide bonds. The summed E-state index contributed by atoms with van der Waals surface area (Å²) in [6, 6.07) is 0. The predicted molar refractivity (Wildman–Crippen MR) is 293 cm³/mol. The molecule has 0 bridgehead atoms. The third-order valence-electron chi connectivity index (χ3n) is 11.9. The van der Waals surface area contributed by atoms with Crippen LogP contribution in [0.4, 0.5) is 0 Å². The van der Waals surface area contributed by atoms with Crippen LogP contribution < -0.4 is 0 Å². The van der Waals surface area contributed by atoms with Gasteiger partial charge in [-0.05, 0) is 96.3 Å². The molecule has 6 nitrogen and oxygen atoms in total. The summed E-state index contributed by atoms with van der Waals surface area (Å²) in [4.78, 5) is 38.1. The van der Waals surface area contributed by atoms with Crippen LogP contribution in [0.5, 0.6) is 0 Å². The van der Waals surface area contributed by atoms with Crippen molar-refractivity contribution >= 4 is 17.9 Å². The Kier molecular flexibility index (Phi) is 52.9. The van der Waals surface area contributed by atoms with Crippen molar-refractivity contribution in [3.8, 4) is 0 Å². The molecule has 0 saturated carbocycles. The molecule has 0 aliphatic carbocycles. The van der Waals surface area contributed by atoms with E-state index in [1.807, 2.05) is 0 Å². The molecule has 0 rings (SSSR count). The molecule has 0 aromatic carbocycles. The van der Waals surface area contributed by atoms with Crippen LogP contribution in [0, 0.1) is 0 Å². The number of rotatable bonds is 50. The first-order valence-electron chi connectivity index (χ1n) is 28.3. The quantitative estimate of drug-likeness (QED) is 0.0199. The highest BCUT2D eigenvalue weighted by Crippen LogP contribution is 2.14. The molecule has 0 radical (unpaired) electrons. The average molecular weight is 946 g/mol. The van der Waals surface area contributed by atoms with E-state index in [2.05, 4.69) is 118 Å². The van der Waals surface area contributed by atoms with Crippen LogP contribution in [0.1, 0.15) is 258 Å². The highest BCUT2D eigenvalue weighted by atomic mass is 16.6. The molecule has 6 heteroatoms. The zero-order valence-corrected chi connectivity index (χ0v) is 44.3. The topological polar surface area (TPSA) is 78.9 Å². The maximum atomic E-state index is 12.9. The fourth-order valence-corrected chi connectivity index (χ4v) is 7.66. The van der Waals surface area contributed by atoms with Crippen molar-refractivity contribution < 1.29 is 28.6 Å². The lowest BCUT2D eigenvalue weighted by Crippen LogP contribution is -2.30. The fourth-order valence-electron chi connectivity index (χ4n) is 7.66. The SMILES string of the molecule is CC/C=C\C/C=C\CCCCCCCCCC(=O)OCC(COC(=O)CCCCCCC\C=C/C=C\C=C/C=C\CCCCC)OC(=O)CCCCCCC/C=C\C=C/CCCCCCCCC. The summed E-state index contributed by atoms with van der Waals surface area (Å²) in [6.07, 6.45) is 73.9. The Morgan fingerprint density at radius 1 is 0.324 bits per heavy atom. The lowest BCUT2D eigenvalue weighted by Gasteiger charge is -2.18. The standard InChI is InChI=1S/C62H104O6/c1-4-7-10-13-16-19-22-25-28-30-32-34-37-40-43-46-49-52-55-61(64)67-58-59(57-66-60(63)54-51-48-45-42-39-36-27-24-21-18-15-12-9-6-3)68-62(65)56-53-50-47-44-41-38-35-33-31-29-26-23-20-17-14-11-8-5-2/h9,12,16,18-19,21-22,25,28-35,59H,4-8,10-11,13-15,17,20,23-24,26-27,36-58H2,1-3H3/b12-9-,19-16-,21-18-,25-22-,30-28-,31-29-,34-32-,35-33-. The third kappa shape index (κ3) is 53.3. The number of carbonyl (C=O) groups excluding carboxylic acids is 3. The summed E-state index contributed by atoms with van der Waals surface area (Å²) < 4.78 is 16.8. The van der Waals surface area contributed by atoms with Gasteiger partial charge in [0.1, 0.15) is 13.2 Å². The van der Waals surface area contributed by atoms with Crippen LogP contribution in [0.3, 0.4) is 0 Å². The Labute approximate surface area is 419 Å². The van der Waals surface area contributed by atoms with E-state index in [-0.39, 0.29) is 31.1 Å². The Morgan fingerprint density at radius 3 is 1.06 bits per heavy atom. The van der Waals surface area contributed by atoms with Crippen molar-refractivity contribution in [3.63, 3.8) is 0 Å². The maximum absolute atomic E-state index is 12.9. The van der Waals surface area contributed by atoms with Crippen molar-refractivity contribution in [1.82, 2.24) is 0 Å². The molecule has 0 aromatic rings. The number of hydrogen-bond acceptors (Lipinski definition) is 6. The van der Waals surface area contributed by atoms with Gasteiger partial charge in [-0.1, -0.05) is 240 Å². The van der Waals surface area contributed by atoms with Crippen molar-refractivity contribution in [3.05, 3.63) is 97.2 Å². The minimum absolute atomic E-state index is 0.0967. The van der Waals surface area contributed by atoms with Crippen molar-refractivity contribution in [2.24, 2.45) is 0 Å². The Bertz CT molecular complexity index is 1360. The molecule has 0 aliphatic rings. The molecule has 0 saturated heterocycles. The molecular weight excluding hydrogens is 841 g/mol. The smallest absolute Gasteiger partial charge is 0.306 e. The minimum Gasteiger partial charge on any atom is -0.462 e. The number of carbonyl (C=O) groups is 3. The van der Waals surface area contributed by atoms with Crippen LogP contribution in [-0.2, 0) is 28.6 Å². The van der Waals surface area contributed by atoms with Crippen LogP contribution in [-0.4, -0.2) is 37.2 Å². The predicted octanol–water partition coefficient (Wildman–Crippen LogP) is 18.9. The molecule has 0 aliphatic heterocycles. The first kappa shape index (κ1) is 64.3. The molecular formula is C62H104O6. The number of hydrogen-bond donors (Lipinski definition) is 0. The molecule has 0 fully saturated rings. The van der Waals surface area contributed by atoms with Gasteiger partial charge in [0.05, 0.1) is 0 Å². The maximum Gasteiger partial charge on any atom is 0.306 e. The van der Waals surface area contributed by atoms with E-state index in [9.17, 15) is 14.4 Å². The second-order valence-corrected chi connectivity index (χ2v) is 18.6. The number of unbranched alkanes of at least 4 members (excludes halogenated alkanes) is 27. The van der Waals surface area contributed by atoms with Gasteiger partial charge in [-0.15, -0.1) is 0 Å². The average Bonchev–Trinajstić information content (AvgIpc) is 3.34. The van der Waals surface area contributed by atoms with E-state index in [1.54, 1.807) is 0 Å². The van der Waals surface area contributed by atoms with Gasteiger partial charge in [0.15, 0.2) is 6.10 Å². The summed E-state index contributed by atoms with van der Waals surface area (Å²) in [6.45, 7) is 6.46. The summed E-state index contributed by atoms with van der Waals surface area (Å²) >= 11 is 0. The molecule has 0 N–H and O–H groups in total. The van der Waals surface area contributed by atoms with E-state index in [1.165, 1.54) is 96.3 Å². The van der Waals surface area contributed by atoms with E-state index in [0.717, 1.165) is 122 Å². The molecule has 388 valence electrons. The molecule has 0 heterocycles. The lowest BCUT2D eigenvalue weighted by molar-refractivity contribution is -0.167. The Balaban J connectivity index is 4.48. The summed E-state index contributed by atoms with van der Waals surface area (Å²) in [5.74, 6) is -0.941. The number of esters is 3. The van der Waals surface area contributed by atoms with Gasteiger partial charge in [0, 0.05) is 19.3 Å². The summed E-state index contributed by atoms with van der Waals surface area (Å²) in [7, 11) is 0. The Morgan fingerprint density at radius 2 is 0.632 bits per heavy atom. The number of allylic oxidation sites excluding steroid dienone is 16. The van der Waals surface area contributed by atoms with Gasteiger partial charge in [0.25, 0.3) is 0 Å².